The maximum Gasteiger partial charge on any atom is 0.0446 e. The first-order valence-electron chi connectivity index (χ1n) is 20.8. The molecule has 0 nitrogen and oxygen atoms in total. The fourth-order valence-electron chi connectivity index (χ4n) is 6.21. The van der Waals surface area contributed by atoms with Gasteiger partial charge in [-0.25, -0.2) is 0 Å². The SMILES string of the molecule is C[Si](C)(C)CCP(c1ccccc1)c1ccccc1.C[Si](C)(C)CCP(c1ccccc1)c1ccccc1.C[Si](C)(C)CCP(c1ccccc1)c1ccccc1.[Rh]. The second-order valence-electron chi connectivity index (χ2n) is 18.4. The molecule has 0 aliphatic carbocycles. The summed E-state index contributed by atoms with van der Waals surface area (Å²) in [5.41, 5.74) is 0. The van der Waals surface area contributed by atoms with Gasteiger partial charge in [0.05, 0.1) is 0 Å². The van der Waals surface area contributed by atoms with Gasteiger partial charge in [0.25, 0.3) is 0 Å². The van der Waals surface area contributed by atoms with Crippen molar-refractivity contribution in [2.75, 3.05) is 18.5 Å². The summed E-state index contributed by atoms with van der Waals surface area (Å²) in [6.45, 7) is 22.2. The molecule has 0 unspecified atom stereocenters. The monoisotopic (exact) mass is 961 g/mol. The Hall–Kier alpha value is -2.12. The van der Waals surface area contributed by atoms with Crippen LogP contribution in [0.3, 0.4) is 0 Å². The van der Waals surface area contributed by atoms with E-state index < -0.39 is 24.2 Å². The van der Waals surface area contributed by atoms with Crippen LogP contribution in [0.4, 0.5) is 0 Å². The summed E-state index contributed by atoms with van der Waals surface area (Å²) in [7, 11) is -3.45. The molecule has 0 atom stereocenters. The van der Waals surface area contributed by atoms with Crippen LogP contribution in [0.15, 0.2) is 182 Å². The predicted octanol–water partition coefficient (Wildman–Crippen LogP) is 13.4. The van der Waals surface area contributed by atoms with Crippen molar-refractivity contribution in [1.29, 1.82) is 0 Å². The molecule has 58 heavy (non-hydrogen) atoms. The smallest absolute Gasteiger partial charge is 0.0446 e. The summed E-state index contributed by atoms with van der Waals surface area (Å²) < 4.78 is 0. The van der Waals surface area contributed by atoms with Gasteiger partial charge in [0.15, 0.2) is 0 Å². The maximum absolute atomic E-state index is 2.47. The van der Waals surface area contributed by atoms with Gasteiger partial charge >= 0.3 is 0 Å². The molecule has 0 saturated heterocycles. The first kappa shape index (κ1) is 50.2. The van der Waals surface area contributed by atoms with Gasteiger partial charge < -0.3 is 0 Å². The van der Waals surface area contributed by atoms with Gasteiger partial charge in [-0.2, -0.15) is 0 Å². The molecule has 0 spiro atoms. The summed E-state index contributed by atoms with van der Waals surface area (Å²) in [5, 5.41) is 9.09. The van der Waals surface area contributed by atoms with Gasteiger partial charge in [-0.1, -0.05) is 259 Å². The van der Waals surface area contributed by atoms with E-state index in [0.29, 0.717) is 0 Å². The Bertz CT molecular complexity index is 1580. The van der Waals surface area contributed by atoms with Crippen molar-refractivity contribution in [3.05, 3.63) is 182 Å². The van der Waals surface area contributed by atoms with E-state index in [9.17, 15) is 0 Å². The van der Waals surface area contributed by atoms with Crippen LogP contribution < -0.4 is 31.8 Å². The van der Waals surface area contributed by atoms with E-state index in [0.717, 1.165) is 0 Å². The summed E-state index contributed by atoms with van der Waals surface area (Å²) in [4.78, 5) is 0. The third-order valence-corrected chi connectivity index (χ3v) is 23.7. The topological polar surface area (TPSA) is 0 Å². The molecule has 0 heterocycles. The minimum absolute atomic E-state index is 0. The van der Waals surface area contributed by atoms with E-state index >= 15 is 0 Å². The normalized spacial score (nSPS) is 11.6. The molecule has 0 N–H and O–H groups in total. The minimum atomic E-state index is -0.970. The molecule has 6 rings (SSSR count). The summed E-state index contributed by atoms with van der Waals surface area (Å²) in [5.74, 6) is 0. The molecule has 1 radical (unpaired) electrons. The van der Waals surface area contributed by atoms with Crippen molar-refractivity contribution < 1.29 is 19.5 Å². The van der Waals surface area contributed by atoms with Crippen LogP contribution in [0.5, 0.6) is 0 Å². The molecule has 0 aliphatic rings. The third kappa shape index (κ3) is 19.5. The molecule has 0 amide bonds. The van der Waals surface area contributed by atoms with E-state index in [-0.39, 0.29) is 43.2 Å². The molecule has 309 valence electrons. The Morgan fingerprint density at radius 2 is 0.397 bits per heavy atom. The average Bonchev–Trinajstić information content (AvgIpc) is 3.20. The van der Waals surface area contributed by atoms with Crippen molar-refractivity contribution in [3.63, 3.8) is 0 Å². The Kier molecular flexibility index (Phi) is 22.2. The van der Waals surface area contributed by atoms with E-state index in [1.54, 1.807) is 0 Å². The fraction of sp³-hybridized carbons (Fsp3) is 0.294. The van der Waals surface area contributed by atoms with Gasteiger partial charge in [-0.05, 0) is 74.1 Å². The van der Waals surface area contributed by atoms with Gasteiger partial charge in [-0.15, -0.1) is 0 Å². The number of benzene rings is 6. The largest absolute Gasteiger partial charge is 0.0695 e. The standard InChI is InChI=1S/3C17H23PSi.Rh/c3*1-19(2,3)15-14-18(16-10-6-4-7-11-16)17-12-8-5-9-13-17;/h3*4-13H,14-15H2,1-3H3;. The quantitative estimate of drug-likeness (QED) is 0.0711. The second-order valence-corrected chi connectivity index (χ2v) is 42.3. The molecule has 0 aliphatic heterocycles. The van der Waals surface area contributed by atoms with Gasteiger partial charge in [0, 0.05) is 43.7 Å². The van der Waals surface area contributed by atoms with E-state index in [1.807, 2.05) is 0 Å². The zero-order valence-corrected chi connectivity index (χ0v) is 44.1. The van der Waals surface area contributed by atoms with Crippen molar-refractivity contribution in [2.45, 2.75) is 77.1 Å². The first-order valence-corrected chi connectivity index (χ1v) is 36.5. The van der Waals surface area contributed by atoms with Crippen molar-refractivity contribution in [2.24, 2.45) is 0 Å². The zero-order valence-electron chi connectivity index (χ0n) is 36.7. The van der Waals surface area contributed by atoms with E-state index in [2.05, 4.69) is 241 Å². The Balaban J connectivity index is 0.000000231. The number of hydrogen-bond acceptors (Lipinski definition) is 0. The molecule has 7 heteroatoms. The Morgan fingerprint density at radius 3 is 0.517 bits per heavy atom. The van der Waals surface area contributed by atoms with E-state index in [1.165, 1.54) is 68.4 Å². The van der Waals surface area contributed by atoms with Crippen LogP contribution in [0, 0.1) is 0 Å². The number of rotatable bonds is 15. The molecular formula is C51H69P3RhSi3. The molecule has 6 aromatic rings. The van der Waals surface area contributed by atoms with Crippen molar-refractivity contribution >= 4 is 79.8 Å². The van der Waals surface area contributed by atoms with Crippen LogP contribution in [0.25, 0.3) is 0 Å². The van der Waals surface area contributed by atoms with Crippen LogP contribution in [0.2, 0.25) is 77.1 Å². The van der Waals surface area contributed by atoms with E-state index in [4.69, 9.17) is 0 Å². The first-order chi connectivity index (χ1) is 27.2. The molecule has 6 aromatic carbocycles. The summed E-state index contributed by atoms with van der Waals surface area (Å²) >= 11 is 0. The minimum Gasteiger partial charge on any atom is -0.0695 e. The average molecular weight is 962 g/mol. The molecule has 0 aromatic heterocycles. The molecule has 0 saturated carbocycles. The van der Waals surface area contributed by atoms with Crippen LogP contribution in [0.1, 0.15) is 0 Å². The van der Waals surface area contributed by atoms with Gasteiger partial charge in [0.1, 0.15) is 0 Å². The third-order valence-electron chi connectivity index (χ3n) is 9.66. The maximum atomic E-state index is 2.47. The summed E-state index contributed by atoms with van der Waals surface area (Å²) in [6, 6.07) is 70.4. The van der Waals surface area contributed by atoms with Gasteiger partial charge in [-0.3, -0.25) is 0 Å². The van der Waals surface area contributed by atoms with Crippen molar-refractivity contribution in [3.8, 4) is 0 Å². The molecular weight excluding hydrogens is 893 g/mol. The molecule has 0 fully saturated rings. The Morgan fingerprint density at radius 1 is 0.259 bits per heavy atom. The van der Waals surface area contributed by atoms with Crippen LogP contribution in [-0.4, -0.2) is 42.7 Å². The fourth-order valence-corrected chi connectivity index (χ4v) is 22.6. The van der Waals surface area contributed by atoms with Gasteiger partial charge in [0.2, 0.25) is 0 Å². The zero-order chi connectivity index (χ0) is 41.2. The van der Waals surface area contributed by atoms with Crippen molar-refractivity contribution in [1.82, 2.24) is 0 Å². The Labute approximate surface area is 374 Å². The van der Waals surface area contributed by atoms with Crippen LogP contribution in [-0.2, 0) is 19.5 Å². The number of hydrogen-bond donors (Lipinski definition) is 0. The molecule has 0 bridgehead atoms. The predicted molar refractivity (Wildman–Crippen MR) is 276 cm³/mol. The second kappa shape index (κ2) is 25.6. The van der Waals surface area contributed by atoms with Crippen LogP contribution >= 0.6 is 23.8 Å². The summed E-state index contributed by atoms with van der Waals surface area (Å²) in [6.07, 6.45) is 4.00.